The average molecular weight is 322 g/mol. The highest BCUT2D eigenvalue weighted by molar-refractivity contribution is 9.10. The third-order valence-electron chi connectivity index (χ3n) is 2.58. The molecule has 0 atom stereocenters. The number of fused-ring (bicyclic) bond motifs is 1. The summed E-state index contributed by atoms with van der Waals surface area (Å²) in [4.78, 5) is 7.14. The summed E-state index contributed by atoms with van der Waals surface area (Å²) >= 11 is 3.26. The van der Waals surface area contributed by atoms with Gasteiger partial charge in [-0.1, -0.05) is 15.9 Å². The molecule has 0 aliphatic carbocycles. The number of aromatic amines is 1. The van der Waals surface area contributed by atoms with Crippen molar-refractivity contribution in [3.8, 4) is 11.8 Å². The molecule has 2 aromatic carbocycles. The Morgan fingerprint density at radius 1 is 1.21 bits per heavy atom. The van der Waals surface area contributed by atoms with Crippen molar-refractivity contribution in [1.82, 2.24) is 9.97 Å². The summed E-state index contributed by atoms with van der Waals surface area (Å²) in [6.07, 6.45) is 0. The van der Waals surface area contributed by atoms with Gasteiger partial charge in [-0.25, -0.2) is 4.39 Å². The Balaban J connectivity index is 1.98. The molecule has 0 saturated carbocycles. The van der Waals surface area contributed by atoms with E-state index in [4.69, 9.17) is 10.5 Å². The molecule has 0 spiro atoms. The van der Waals surface area contributed by atoms with Crippen molar-refractivity contribution in [2.75, 3.05) is 5.73 Å². The van der Waals surface area contributed by atoms with Crippen molar-refractivity contribution in [2.45, 2.75) is 0 Å². The van der Waals surface area contributed by atoms with Crippen molar-refractivity contribution in [3.63, 3.8) is 0 Å². The van der Waals surface area contributed by atoms with E-state index in [2.05, 4.69) is 25.9 Å². The molecular weight excluding hydrogens is 313 g/mol. The topological polar surface area (TPSA) is 63.9 Å². The van der Waals surface area contributed by atoms with Crippen LogP contribution < -0.4 is 10.5 Å². The predicted octanol–water partition coefficient (Wildman–Crippen LogP) is 3.84. The Bertz CT molecular complexity index is 757. The van der Waals surface area contributed by atoms with Crippen LogP contribution in [0.1, 0.15) is 0 Å². The first-order valence-corrected chi connectivity index (χ1v) is 6.29. The third kappa shape index (κ3) is 2.39. The zero-order valence-corrected chi connectivity index (χ0v) is 11.2. The van der Waals surface area contributed by atoms with Crippen LogP contribution in [0, 0.1) is 5.82 Å². The van der Waals surface area contributed by atoms with Crippen LogP contribution in [0.3, 0.4) is 0 Å². The van der Waals surface area contributed by atoms with E-state index in [1.807, 2.05) is 0 Å². The maximum atomic E-state index is 13.6. The predicted molar refractivity (Wildman–Crippen MR) is 74.7 cm³/mol. The largest absolute Gasteiger partial charge is 0.422 e. The zero-order valence-electron chi connectivity index (χ0n) is 9.65. The fraction of sp³-hybridized carbons (Fsp3) is 0. The molecule has 96 valence electrons. The fourth-order valence-electron chi connectivity index (χ4n) is 1.71. The summed E-state index contributed by atoms with van der Waals surface area (Å²) < 4.78 is 19.7. The van der Waals surface area contributed by atoms with Gasteiger partial charge >= 0.3 is 0 Å². The van der Waals surface area contributed by atoms with Gasteiger partial charge in [0, 0.05) is 10.2 Å². The number of nitrogens with one attached hydrogen (secondary N) is 1. The second-order valence-corrected chi connectivity index (χ2v) is 4.91. The van der Waals surface area contributed by atoms with Gasteiger partial charge in [-0.05, 0) is 36.4 Å². The van der Waals surface area contributed by atoms with E-state index >= 15 is 0 Å². The molecule has 3 rings (SSSR count). The number of halogens is 2. The van der Waals surface area contributed by atoms with Crippen molar-refractivity contribution < 1.29 is 9.13 Å². The van der Waals surface area contributed by atoms with Gasteiger partial charge in [-0.3, -0.25) is 0 Å². The van der Waals surface area contributed by atoms with Gasteiger partial charge in [0.1, 0.15) is 0 Å². The number of anilines is 1. The SMILES string of the molecule is Nc1ccc2nc(Oc3cc(Br)ccc3F)[nH]c2c1. The highest BCUT2D eigenvalue weighted by Gasteiger charge is 2.09. The molecule has 0 fully saturated rings. The normalized spacial score (nSPS) is 10.8. The van der Waals surface area contributed by atoms with Crippen LogP contribution in [0.5, 0.6) is 11.8 Å². The molecule has 0 radical (unpaired) electrons. The van der Waals surface area contributed by atoms with Crippen molar-refractivity contribution in [1.29, 1.82) is 0 Å². The molecule has 0 amide bonds. The molecule has 3 aromatic rings. The first-order valence-electron chi connectivity index (χ1n) is 5.50. The van der Waals surface area contributed by atoms with Gasteiger partial charge in [-0.15, -0.1) is 0 Å². The van der Waals surface area contributed by atoms with Gasteiger partial charge in [0.25, 0.3) is 6.01 Å². The lowest BCUT2D eigenvalue weighted by atomic mass is 10.3. The smallest absolute Gasteiger partial charge is 0.300 e. The maximum Gasteiger partial charge on any atom is 0.300 e. The van der Waals surface area contributed by atoms with E-state index in [0.29, 0.717) is 11.2 Å². The van der Waals surface area contributed by atoms with E-state index in [0.717, 1.165) is 9.99 Å². The minimum absolute atomic E-state index is 0.0985. The van der Waals surface area contributed by atoms with Gasteiger partial charge in [0.15, 0.2) is 11.6 Å². The molecule has 19 heavy (non-hydrogen) atoms. The number of hydrogen-bond acceptors (Lipinski definition) is 3. The second kappa shape index (κ2) is 4.55. The Morgan fingerprint density at radius 2 is 2.05 bits per heavy atom. The number of nitrogens with two attached hydrogens (primary N) is 1. The molecule has 0 bridgehead atoms. The van der Waals surface area contributed by atoms with E-state index in [1.165, 1.54) is 12.1 Å². The summed E-state index contributed by atoms with van der Waals surface area (Å²) in [7, 11) is 0. The summed E-state index contributed by atoms with van der Waals surface area (Å²) in [5, 5.41) is 0. The number of nitrogens with zero attached hydrogens (tertiary/aromatic N) is 1. The first kappa shape index (κ1) is 12.0. The third-order valence-corrected chi connectivity index (χ3v) is 3.08. The Morgan fingerprint density at radius 3 is 2.89 bits per heavy atom. The van der Waals surface area contributed by atoms with Crippen LogP contribution in [0.25, 0.3) is 11.0 Å². The number of ether oxygens (including phenoxy) is 1. The summed E-state index contributed by atoms with van der Waals surface area (Å²) in [6.45, 7) is 0. The maximum absolute atomic E-state index is 13.6. The van der Waals surface area contributed by atoms with Gasteiger partial charge in [0.2, 0.25) is 0 Å². The number of benzene rings is 2. The quantitative estimate of drug-likeness (QED) is 0.705. The average Bonchev–Trinajstić information content (AvgIpc) is 2.75. The molecular formula is C13H9BrFN3O. The molecule has 0 saturated heterocycles. The van der Waals surface area contributed by atoms with E-state index < -0.39 is 5.82 Å². The highest BCUT2D eigenvalue weighted by Crippen LogP contribution is 2.27. The molecule has 1 aromatic heterocycles. The zero-order chi connectivity index (χ0) is 13.4. The molecule has 3 N–H and O–H groups in total. The second-order valence-electron chi connectivity index (χ2n) is 4.00. The standard InChI is InChI=1S/C13H9BrFN3O/c14-7-1-3-9(15)12(5-7)19-13-17-10-4-2-8(16)6-11(10)18-13/h1-6H,16H2,(H,17,18). The Hall–Kier alpha value is -2.08. The number of nitrogen functional groups attached to an aromatic ring is 1. The van der Waals surface area contributed by atoms with E-state index in [1.54, 1.807) is 24.3 Å². The van der Waals surface area contributed by atoms with Crippen molar-refractivity contribution in [3.05, 3.63) is 46.7 Å². The summed E-state index contributed by atoms with van der Waals surface area (Å²) in [5.74, 6) is -0.357. The molecule has 1 heterocycles. The molecule has 0 aliphatic heterocycles. The monoisotopic (exact) mass is 321 g/mol. The van der Waals surface area contributed by atoms with Crippen LogP contribution in [-0.2, 0) is 0 Å². The van der Waals surface area contributed by atoms with Crippen molar-refractivity contribution >= 4 is 32.7 Å². The number of rotatable bonds is 2. The Kier molecular flexibility index (Phi) is 2.87. The van der Waals surface area contributed by atoms with Crippen LogP contribution in [-0.4, -0.2) is 9.97 Å². The number of H-pyrrole nitrogens is 1. The van der Waals surface area contributed by atoms with Crippen LogP contribution in [0.15, 0.2) is 40.9 Å². The molecule has 4 nitrogen and oxygen atoms in total. The minimum atomic E-state index is -0.455. The summed E-state index contributed by atoms with van der Waals surface area (Å²) in [5.41, 5.74) is 7.75. The molecule has 0 aliphatic rings. The van der Waals surface area contributed by atoms with Gasteiger partial charge < -0.3 is 15.5 Å². The van der Waals surface area contributed by atoms with Gasteiger partial charge in [0.05, 0.1) is 11.0 Å². The van der Waals surface area contributed by atoms with E-state index in [-0.39, 0.29) is 11.8 Å². The number of imidazole rings is 1. The van der Waals surface area contributed by atoms with Crippen molar-refractivity contribution in [2.24, 2.45) is 0 Å². The lowest BCUT2D eigenvalue weighted by Gasteiger charge is -2.03. The summed E-state index contributed by atoms with van der Waals surface area (Å²) in [6, 6.07) is 9.93. The van der Waals surface area contributed by atoms with Gasteiger partial charge in [-0.2, -0.15) is 4.98 Å². The number of aromatic nitrogens is 2. The highest BCUT2D eigenvalue weighted by atomic mass is 79.9. The number of hydrogen-bond donors (Lipinski definition) is 2. The first-order chi connectivity index (χ1) is 9.11. The van der Waals surface area contributed by atoms with Crippen LogP contribution in [0.4, 0.5) is 10.1 Å². The molecule has 6 heteroatoms. The van der Waals surface area contributed by atoms with E-state index in [9.17, 15) is 4.39 Å². The lowest BCUT2D eigenvalue weighted by molar-refractivity contribution is 0.416. The van der Waals surface area contributed by atoms with Crippen LogP contribution >= 0.6 is 15.9 Å². The minimum Gasteiger partial charge on any atom is -0.422 e. The van der Waals surface area contributed by atoms with Crippen LogP contribution in [0.2, 0.25) is 0 Å². The fourth-order valence-corrected chi connectivity index (χ4v) is 2.05. The molecule has 0 unspecified atom stereocenters. The lowest BCUT2D eigenvalue weighted by Crippen LogP contribution is -1.89. The Labute approximate surface area is 116 Å².